The number of carbonyl (C=O) groups is 1. The van der Waals surface area contributed by atoms with E-state index < -0.39 is 0 Å². The van der Waals surface area contributed by atoms with Gasteiger partial charge in [-0.25, -0.2) is 0 Å². The predicted molar refractivity (Wildman–Crippen MR) is 76.7 cm³/mol. The Hall–Kier alpha value is -2.15. The second-order valence-electron chi connectivity index (χ2n) is 4.54. The van der Waals surface area contributed by atoms with E-state index in [4.69, 9.17) is 0 Å². The van der Waals surface area contributed by atoms with Crippen LogP contribution in [0.4, 0.5) is 0 Å². The van der Waals surface area contributed by atoms with Crippen molar-refractivity contribution in [2.24, 2.45) is 0 Å². The van der Waals surface area contributed by atoms with Crippen molar-refractivity contribution in [1.29, 1.82) is 0 Å². The standard InChI is InChI=1S/C17H16O/c1-13-3-5-15(6-4-13)7-8-16-9-14(2)10-17(11-16)12-18/h3-12H,1-2H3/b8-7+. The summed E-state index contributed by atoms with van der Waals surface area (Å²) >= 11 is 0. The minimum Gasteiger partial charge on any atom is -0.298 e. The first-order chi connectivity index (χ1) is 8.67. The first-order valence-electron chi connectivity index (χ1n) is 5.99. The first-order valence-corrected chi connectivity index (χ1v) is 5.99. The number of benzene rings is 2. The molecule has 0 saturated heterocycles. The van der Waals surface area contributed by atoms with E-state index in [1.807, 2.05) is 25.1 Å². The highest BCUT2D eigenvalue weighted by Crippen LogP contribution is 2.13. The SMILES string of the molecule is Cc1ccc(/C=C/c2cc(C)cc(C=O)c2)cc1. The summed E-state index contributed by atoms with van der Waals surface area (Å²) in [7, 11) is 0. The third-order valence-corrected chi connectivity index (χ3v) is 2.80. The van der Waals surface area contributed by atoms with Crippen LogP contribution in [-0.4, -0.2) is 6.29 Å². The number of hydrogen-bond donors (Lipinski definition) is 0. The van der Waals surface area contributed by atoms with Gasteiger partial charge in [0.2, 0.25) is 0 Å². The lowest BCUT2D eigenvalue weighted by atomic mass is 10.1. The van der Waals surface area contributed by atoms with Crippen molar-refractivity contribution in [3.63, 3.8) is 0 Å². The zero-order valence-corrected chi connectivity index (χ0v) is 10.7. The molecular weight excluding hydrogens is 220 g/mol. The molecule has 0 aliphatic heterocycles. The fraction of sp³-hybridized carbons (Fsp3) is 0.118. The van der Waals surface area contributed by atoms with Gasteiger partial charge in [0.1, 0.15) is 6.29 Å². The maximum Gasteiger partial charge on any atom is 0.150 e. The molecule has 2 rings (SSSR count). The fourth-order valence-corrected chi connectivity index (χ4v) is 1.88. The van der Waals surface area contributed by atoms with Gasteiger partial charge in [0.15, 0.2) is 0 Å². The molecule has 2 aromatic rings. The van der Waals surface area contributed by atoms with Gasteiger partial charge < -0.3 is 0 Å². The van der Waals surface area contributed by atoms with E-state index in [1.54, 1.807) is 0 Å². The Morgan fingerprint density at radius 1 is 0.722 bits per heavy atom. The third kappa shape index (κ3) is 3.17. The Labute approximate surface area is 108 Å². The molecule has 0 aliphatic carbocycles. The van der Waals surface area contributed by atoms with E-state index in [0.717, 1.165) is 28.5 Å². The van der Waals surface area contributed by atoms with E-state index in [2.05, 4.69) is 43.3 Å². The average Bonchev–Trinajstić information content (AvgIpc) is 2.37. The molecule has 0 aliphatic rings. The van der Waals surface area contributed by atoms with E-state index >= 15 is 0 Å². The normalized spacial score (nSPS) is 10.8. The zero-order valence-electron chi connectivity index (χ0n) is 10.7. The van der Waals surface area contributed by atoms with E-state index in [1.165, 1.54) is 5.56 Å². The molecule has 0 saturated carbocycles. The highest BCUT2D eigenvalue weighted by atomic mass is 16.1. The Bertz CT molecular complexity index is 577. The van der Waals surface area contributed by atoms with Gasteiger partial charge in [-0.15, -0.1) is 0 Å². The summed E-state index contributed by atoms with van der Waals surface area (Å²) in [6.07, 6.45) is 4.98. The molecule has 0 radical (unpaired) electrons. The van der Waals surface area contributed by atoms with Gasteiger partial charge in [-0.2, -0.15) is 0 Å². The van der Waals surface area contributed by atoms with E-state index in [-0.39, 0.29) is 0 Å². The van der Waals surface area contributed by atoms with Crippen molar-refractivity contribution in [2.75, 3.05) is 0 Å². The second-order valence-corrected chi connectivity index (χ2v) is 4.54. The molecule has 90 valence electrons. The highest BCUT2D eigenvalue weighted by Gasteiger charge is 1.95. The molecule has 2 aromatic carbocycles. The largest absolute Gasteiger partial charge is 0.298 e. The average molecular weight is 236 g/mol. The predicted octanol–water partition coefficient (Wildman–Crippen LogP) is 4.29. The third-order valence-electron chi connectivity index (χ3n) is 2.80. The lowest BCUT2D eigenvalue weighted by molar-refractivity contribution is 0.112. The van der Waals surface area contributed by atoms with E-state index in [9.17, 15) is 4.79 Å². The summed E-state index contributed by atoms with van der Waals surface area (Å²) in [5.74, 6) is 0. The van der Waals surface area contributed by atoms with Crippen molar-refractivity contribution >= 4 is 18.4 Å². The Balaban J connectivity index is 2.25. The zero-order chi connectivity index (χ0) is 13.0. The van der Waals surface area contributed by atoms with Gasteiger partial charge in [-0.05, 0) is 42.7 Å². The lowest BCUT2D eigenvalue weighted by Gasteiger charge is -1.99. The van der Waals surface area contributed by atoms with Crippen LogP contribution in [0.3, 0.4) is 0 Å². The first kappa shape index (κ1) is 12.3. The van der Waals surface area contributed by atoms with Crippen LogP contribution in [0.1, 0.15) is 32.6 Å². The van der Waals surface area contributed by atoms with Crippen molar-refractivity contribution in [2.45, 2.75) is 13.8 Å². The van der Waals surface area contributed by atoms with Crippen LogP contribution in [0, 0.1) is 13.8 Å². The molecule has 0 unspecified atom stereocenters. The number of hydrogen-bond acceptors (Lipinski definition) is 1. The summed E-state index contributed by atoms with van der Waals surface area (Å²) in [4.78, 5) is 10.8. The van der Waals surface area contributed by atoms with E-state index in [0.29, 0.717) is 0 Å². The molecule has 0 atom stereocenters. The van der Waals surface area contributed by atoms with Crippen molar-refractivity contribution < 1.29 is 4.79 Å². The van der Waals surface area contributed by atoms with Crippen LogP contribution in [0.5, 0.6) is 0 Å². The quantitative estimate of drug-likeness (QED) is 0.574. The minimum atomic E-state index is 0.721. The lowest BCUT2D eigenvalue weighted by Crippen LogP contribution is -1.84. The van der Waals surface area contributed by atoms with Gasteiger partial charge in [0, 0.05) is 5.56 Å². The van der Waals surface area contributed by atoms with Crippen LogP contribution in [0.2, 0.25) is 0 Å². The molecule has 0 spiro atoms. The van der Waals surface area contributed by atoms with Gasteiger partial charge in [0.25, 0.3) is 0 Å². The molecule has 1 nitrogen and oxygen atoms in total. The maximum atomic E-state index is 10.8. The van der Waals surface area contributed by atoms with Crippen molar-refractivity contribution in [3.05, 3.63) is 70.3 Å². The number of rotatable bonds is 3. The summed E-state index contributed by atoms with van der Waals surface area (Å²) in [6.45, 7) is 4.07. The molecule has 0 N–H and O–H groups in total. The summed E-state index contributed by atoms with van der Waals surface area (Å²) < 4.78 is 0. The Morgan fingerprint density at radius 2 is 1.33 bits per heavy atom. The molecule has 0 bridgehead atoms. The van der Waals surface area contributed by atoms with Gasteiger partial charge >= 0.3 is 0 Å². The molecule has 18 heavy (non-hydrogen) atoms. The molecule has 0 amide bonds. The number of carbonyl (C=O) groups excluding carboxylic acids is 1. The topological polar surface area (TPSA) is 17.1 Å². The van der Waals surface area contributed by atoms with Crippen LogP contribution in [0.25, 0.3) is 12.2 Å². The van der Waals surface area contributed by atoms with Crippen LogP contribution in [0.15, 0.2) is 42.5 Å². The Kier molecular flexibility index (Phi) is 3.73. The minimum absolute atomic E-state index is 0.721. The van der Waals surface area contributed by atoms with Crippen molar-refractivity contribution in [3.8, 4) is 0 Å². The highest BCUT2D eigenvalue weighted by molar-refractivity contribution is 5.78. The molecule has 0 heterocycles. The summed E-state index contributed by atoms with van der Waals surface area (Å²) in [5, 5.41) is 0. The summed E-state index contributed by atoms with van der Waals surface area (Å²) in [6, 6.07) is 14.2. The molecular formula is C17H16O. The van der Waals surface area contributed by atoms with Crippen LogP contribution < -0.4 is 0 Å². The fourth-order valence-electron chi connectivity index (χ4n) is 1.88. The van der Waals surface area contributed by atoms with Crippen molar-refractivity contribution in [1.82, 2.24) is 0 Å². The molecule has 0 aromatic heterocycles. The molecule has 1 heteroatoms. The maximum absolute atomic E-state index is 10.8. The van der Waals surface area contributed by atoms with Gasteiger partial charge in [-0.1, -0.05) is 48.0 Å². The smallest absolute Gasteiger partial charge is 0.150 e. The Morgan fingerprint density at radius 3 is 2.00 bits per heavy atom. The second kappa shape index (κ2) is 5.46. The van der Waals surface area contributed by atoms with Gasteiger partial charge in [0.05, 0.1) is 0 Å². The number of aldehydes is 1. The van der Waals surface area contributed by atoms with Crippen LogP contribution in [-0.2, 0) is 0 Å². The number of aryl methyl sites for hydroxylation is 2. The monoisotopic (exact) mass is 236 g/mol. The molecule has 0 fully saturated rings. The van der Waals surface area contributed by atoms with Crippen LogP contribution >= 0.6 is 0 Å². The summed E-state index contributed by atoms with van der Waals surface area (Å²) in [5.41, 5.74) is 5.29. The van der Waals surface area contributed by atoms with Gasteiger partial charge in [-0.3, -0.25) is 4.79 Å².